The van der Waals surface area contributed by atoms with E-state index in [1.165, 1.54) is 134 Å². The van der Waals surface area contributed by atoms with Crippen LogP contribution in [0.4, 0.5) is 11.6 Å². The van der Waals surface area contributed by atoms with Crippen LogP contribution in [0.15, 0.2) is 138 Å². The molecule has 6 N–H and O–H groups in total. The zero-order chi connectivity index (χ0) is 89.7. The third-order valence-corrected chi connectivity index (χ3v) is 31.9. The Hall–Kier alpha value is -8.88. The quantitative estimate of drug-likeness (QED) is 0.0313. The molecule has 44 nitrogen and oxygen atoms in total. The van der Waals surface area contributed by atoms with Gasteiger partial charge in [0.25, 0.3) is 22.9 Å². The summed E-state index contributed by atoms with van der Waals surface area (Å²) in [5.74, 6) is -1.24. The second-order valence-electron chi connectivity index (χ2n) is 32.2. The van der Waals surface area contributed by atoms with Crippen LogP contribution >= 0.6 is 30.7 Å². The fraction of sp³-hybridized carbons (Fsp3) is 0.532. The highest BCUT2D eigenvalue weighted by atomic mass is 31.2. The number of carbonyl (C=O) groups is 3. The monoisotopic (exact) mass is 1820 g/mol. The first-order chi connectivity index (χ1) is 59.4. The van der Waals surface area contributed by atoms with Crippen LogP contribution in [0.5, 0.6) is 0 Å². The van der Waals surface area contributed by atoms with Crippen LogP contribution < -0.4 is 55.1 Å². The predicted octanol–water partition coefficient (Wildman–Crippen LogP) is 4.23. The number of H-pyrrole nitrogens is 2. The van der Waals surface area contributed by atoms with Crippen LogP contribution in [0.1, 0.15) is 113 Å². The summed E-state index contributed by atoms with van der Waals surface area (Å²) in [6, 6.07) is 19.5. The highest BCUT2D eigenvalue weighted by molar-refractivity contribution is 7.54. The molecule has 14 atom stereocenters. The van der Waals surface area contributed by atoms with E-state index in [1.807, 2.05) is 20.8 Å². The van der Waals surface area contributed by atoms with Crippen LogP contribution in [0.25, 0.3) is 6.08 Å². The largest absolute Gasteiger partial charge is 0.388 e. The Morgan fingerprint density at radius 3 is 1.27 bits per heavy atom. The second kappa shape index (κ2) is 39.8. The fourth-order valence-corrected chi connectivity index (χ4v) is 23.0. The molecule has 7 aromatic rings. The van der Waals surface area contributed by atoms with Crippen LogP contribution in [0, 0.1) is 19.8 Å². The van der Waals surface area contributed by atoms with E-state index in [0.29, 0.717) is 35.5 Å². The highest BCUT2D eigenvalue weighted by Gasteiger charge is 2.51. The van der Waals surface area contributed by atoms with Gasteiger partial charge in [-0.25, -0.2) is 61.5 Å². The van der Waals surface area contributed by atoms with Crippen LogP contribution in [0.3, 0.4) is 0 Å². The van der Waals surface area contributed by atoms with Gasteiger partial charge in [-0.2, -0.15) is 9.97 Å². The normalized spacial score (nSPS) is 24.6. The zero-order valence-electron chi connectivity index (χ0n) is 71.7. The molecule has 678 valence electrons. The lowest BCUT2D eigenvalue weighted by atomic mass is 10.0. The molecule has 5 fully saturated rings. The summed E-state index contributed by atoms with van der Waals surface area (Å²) in [5, 5.41) is 11.9. The fourth-order valence-electron chi connectivity index (χ4n) is 15.0. The van der Waals surface area contributed by atoms with Gasteiger partial charge >= 0.3 is 53.4 Å². The number of carbonyl (C=O) groups excluding carboxylic acids is 3. The van der Waals surface area contributed by atoms with Gasteiger partial charge in [-0.05, 0) is 125 Å². The topological polar surface area (TPSA) is 474 Å². The molecule has 2 aromatic carbocycles. The lowest BCUT2D eigenvalue weighted by Crippen LogP contribution is -2.51. The number of allylic oxidation sites excluding steroid dienone is 1. The number of nitrogens with one attached hydrogen (secondary N) is 6. The number of aryl methyl sites for hydroxylation is 2. The number of nitrogens with zero attached hydrogens (tertiary/aromatic N) is 16. The number of hydrogen-bond donors (Lipinski definition) is 6. The zero-order valence-corrected chi connectivity index (χ0v) is 75.3. The van der Waals surface area contributed by atoms with Crippen LogP contribution in [-0.4, -0.2) is 288 Å². The molecule has 10 heterocycles. The van der Waals surface area contributed by atoms with Crippen LogP contribution in [-0.2, 0) is 60.0 Å². The van der Waals surface area contributed by atoms with Crippen molar-refractivity contribution in [2.24, 2.45) is 5.92 Å². The minimum absolute atomic E-state index is 0.0137. The Morgan fingerprint density at radius 2 is 0.872 bits per heavy atom. The summed E-state index contributed by atoms with van der Waals surface area (Å²) in [5.41, 5.74) is -2.32. The number of aromatic amines is 2. The number of hydrogen-bond acceptors (Lipinski definition) is 27. The van der Waals surface area contributed by atoms with Gasteiger partial charge in [0.05, 0.1) is 102 Å². The summed E-state index contributed by atoms with van der Waals surface area (Å²) >= 11 is 0. The van der Waals surface area contributed by atoms with E-state index < -0.39 is 158 Å². The van der Waals surface area contributed by atoms with E-state index in [2.05, 4.69) is 46.2 Å². The van der Waals surface area contributed by atoms with Gasteiger partial charge in [0.2, 0.25) is 0 Å². The van der Waals surface area contributed by atoms with Crippen molar-refractivity contribution < 1.29 is 74.4 Å². The van der Waals surface area contributed by atoms with Gasteiger partial charge in [0.1, 0.15) is 23.6 Å². The van der Waals surface area contributed by atoms with Gasteiger partial charge in [0, 0.05) is 98.6 Å². The molecule has 13 rings (SSSR count). The Morgan fingerprint density at radius 1 is 0.496 bits per heavy atom. The number of ether oxygens (including phenoxy) is 5. The second-order valence-corrected chi connectivity index (χ2v) is 42.6. The Bertz CT molecular complexity index is 5690. The number of aromatic nitrogens is 10. The molecule has 5 aromatic heterocycles. The maximum Gasteiger partial charge on any atom is 0.351 e. The third kappa shape index (κ3) is 21.3. The molecule has 5 saturated heterocycles. The van der Waals surface area contributed by atoms with E-state index in [4.69, 9.17) is 41.8 Å². The van der Waals surface area contributed by atoms with E-state index in [0.717, 1.165) is 9.13 Å². The number of rotatable bonds is 33. The minimum atomic E-state index is -4.50. The van der Waals surface area contributed by atoms with Crippen molar-refractivity contribution in [1.29, 1.82) is 0 Å². The summed E-state index contributed by atoms with van der Waals surface area (Å²) in [6.45, 7) is 6.19. The van der Waals surface area contributed by atoms with E-state index in [1.54, 1.807) is 97.0 Å². The standard InChI is InChI=1S/C77H108N22O22P4/c1-14-55-36-91(40-65(117-55)95-27-25-62(83-74(95)105)81-72(103)52-21-17-15-18-22-52)122(109,87(6)7)114-45-57-37-92(41-66(119-57)96-28-26-63(84-75(96)106)82-73(104)53-23-19-16-20-24-53)124(111,89(10)11)116-47-59-39-94(43-68(121-59)99-48-80-69-60(99)29-54(30-61(69)100)79-31-49(2)3)125(112,90(12)13)115-46-58-38-93(42-67(120-58)98-35-51(5)71(102)86-77(98)108)123(110,88(8)9)113-44-56-32-78-33-64(118-56)97-34-50(4)70(101)85-76(97)107/h15-29,34-35,48-49,55-59,64-68,78-79H,14,30-33,36-47H2,1-13H3,(H,85,101,107)(H,86,102,108)(H,81,83,103,105)(H,82,84,104,106)/t55-,56?,57?,58?,59?,64-,65-,66-,67-,68-,122+,123+,124+,125+/m1/s1. The first kappa shape index (κ1) is 93.8. The molecular weight excluding hydrogens is 1710 g/mol. The SMILES string of the molecule is CC[C@@H]1CN([P@@](=O)(OCC2CN([P@@](=O)(OCC3CN([P@@](=O)(OCC4CN([P@@](=O)(OCC5CNC[C@H](n6cc(C)c(=O)[nH]c6=O)O5)N(C)C)C[C@H](n5cc(C)c(=O)[nH]c5=O)O4)N(C)C)C[C@H](n4cnc5c4C=C(NCC(C)C)CC5=O)O3)N(C)C)C[C@H](n3ccc(NC(=O)c4ccccc4)nc3=O)O2)N(C)C)C[C@H](n2ccc(NC(=O)c3ccccc3)nc2=O)O1. The number of imidazole rings is 1. The molecule has 0 bridgehead atoms. The van der Waals surface area contributed by atoms with Crippen molar-refractivity contribution >= 4 is 66.0 Å². The molecule has 0 radical (unpaired) electrons. The van der Waals surface area contributed by atoms with Gasteiger partial charge in [-0.1, -0.05) is 57.2 Å². The van der Waals surface area contributed by atoms with Gasteiger partial charge in [0.15, 0.2) is 30.7 Å². The average Bonchev–Trinajstić information content (AvgIpc) is 1.61. The first-order valence-electron chi connectivity index (χ1n) is 40.7. The number of anilines is 2. The van der Waals surface area contributed by atoms with Crippen molar-refractivity contribution in [1.82, 2.24) is 95.8 Å². The van der Waals surface area contributed by atoms with Crippen molar-refractivity contribution in [3.8, 4) is 0 Å². The number of ketones is 1. The van der Waals surface area contributed by atoms with Crippen molar-refractivity contribution in [2.45, 2.75) is 109 Å². The molecule has 2 amide bonds. The maximum absolute atomic E-state index is 16.6. The number of morpholine rings is 5. The first-order valence-corrected chi connectivity index (χ1v) is 46.8. The molecule has 4 unspecified atom stereocenters. The number of benzene rings is 2. The minimum Gasteiger partial charge on any atom is -0.388 e. The van der Waals surface area contributed by atoms with E-state index in [-0.39, 0.29) is 119 Å². The van der Waals surface area contributed by atoms with Gasteiger partial charge < -0.3 is 67.6 Å². The Balaban J connectivity index is 0.795. The summed E-state index contributed by atoms with van der Waals surface area (Å²) in [7, 11) is -5.18. The number of amides is 2. The highest BCUT2D eigenvalue weighted by Crippen LogP contribution is 2.60. The molecule has 0 saturated carbocycles. The van der Waals surface area contributed by atoms with Crippen molar-refractivity contribution in [3.63, 3.8) is 0 Å². The van der Waals surface area contributed by atoms with E-state index in [9.17, 15) is 43.2 Å². The van der Waals surface area contributed by atoms with Crippen molar-refractivity contribution in [3.05, 3.63) is 206 Å². The molecule has 1 aliphatic carbocycles. The van der Waals surface area contributed by atoms with E-state index >= 15 is 18.3 Å². The third-order valence-electron chi connectivity index (χ3n) is 21.7. The lowest BCUT2D eigenvalue weighted by molar-refractivity contribution is -0.131. The number of fused-ring (bicyclic) bond motifs is 1. The molecular formula is C77H108N22O22P4. The summed E-state index contributed by atoms with van der Waals surface area (Å²) < 4.78 is 142. The Kier molecular flexibility index (Phi) is 29.8. The van der Waals surface area contributed by atoms with Crippen molar-refractivity contribution in [2.75, 3.05) is 165 Å². The molecule has 6 aliphatic rings. The average molecular weight is 1820 g/mol. The lowest BCUT2D eigenvalue weighted by Gasteiger charge is -2.46. The molecule has 48 heteroatoms. The maximum atomic E-state index is 16.6. The van der Waals surface area contributed by atoms with Gasteiger partial charge in [-0.3, -0.25) is 70.5 Å². The predicted molar refractivity (Wildman–Crippen MR) is 458 cm³/mol. The van der Waals surface area contributed by atoms with Gasteiger partial charge in [-0.15, -0.1) is 0 Å². The molecule has 5 aliphatic heterocycles. The smallest absolute Gasteiger partial charge is 0.351 e. The number of Topliss-reactive ketones (excluding diaryl/α,β-unsaturated/α-hetero) is 1. The summed E-state index contributed by atoms with van der Waals surface area (Å²) in [4.78, 5) is 138. The molecule has 125 heavy (non-hydrogen) atoms. The summed E-state index contributed by atoms with van der Waals surface area (Å²) in [6.07, 6.45) is -1.75. The molecule has 0 spiro atoms. The Labute approximate surface area is 719 Å². The van der Waals surface area contributed by atoms with Crippen LogP contribution in [0.2, 0.25) is 0 Å².